The first kappa shape index (κ1) is 17.3. The zero-order chi connectivity index (χ0) is 15.7. The zero-order valence-electron chi connectivity index (χ0n) is 11.5. The van der Waals surface area contributed by atoms with Crippen LogP contribution in [0.2, 0.25) is 5.02 Å². The van der Waals surface area contributed by atoms with Crippen molar-refractivity contribution in [3.05, 3.63) is 41.5 Å². The summed E-state index contributed by atoms with van der Waals surface area (Å²) in [6.45, 7) is 0. The number of halogens is 1. The van der Waals surface area contributed by atoms with Gasteiger partial charge in [-0.25, -0.2) is 4.98 Å². The number of imidazole rings is 1. The van der Waals surface area contributed by atoms with Crippen LogP contribution in [0.1, 0.15) is 5.89 Å². The maximum absolute atomic E-state index is 10.7. The van der Waals surface area contributed by atoms with Crippen LogP contribution in [-0.4, -0.2) is 49.7 Å². The van der Waals surface area contributed by atoms with Crippen molar-refractivity contribution in [2.45, 2.75) is 6.42 Å². The fourth-order valence-electron chi connectivity index (χ4n) is 2.06. The van der Waals surface area contributed by atoms with Gasteiger partial charge < -0.3 is 14.1 Å². The Kier molecular flexibility index (Phi) is 5.26. The van der Waals surface area contributed by atoms with Gasteiger partial charge in [0, 0.05) is 35.6 Å². The number of hydrogen-bond acceptors (Lipinski definition) is 5. The molecular weight excluding hydrogens is 315 g/mol. The van der Waals surface area contributed by atoms with Crippen LogP contribution in [0.25, 0.3) is 22.8 Å². The van der Waals surface area contributed by atoms with Crippen LogP contribution in [0, 0.1) is 0 Å². The third-order valence-electron chi connectivity index (χ3n) is 2.99. The molecule has 23 heavy (non-hydrogen) atoms. The van der Waals surface area contributed by atoms with Gasteiger partial charge in [-0.3, -0.25) is 4.79 Å². The molecule has 2 aromatic heterocycles. The Morgan fingerprint density at radius 2 is 2.04 bits per heavy atom. The summed E-state index contributed by atoms with van der Waals surface area (Å²) in [5, 5.41) is 16.8. The summed E-state index contributed by atoms with van der Waals surface area (Å²) in [6, 6.07) is 5.26. The average Bonchev–Trinajstić information content (AvgIpc) is 3.06. The minimum absolute atomic E-state index is 0. The molecule has 0 aliphatic heterocycles. The zero-order valence-corrected chi connectivity index (χ0v) is 12.3. The van der Waals surface area contributed by atoms with Gasteiger partial charge in [-0.05, 0) is 18.2 Å². The van der Waals surface area contributed by atoms with Gasteiger partial charge in [-0.1, -0.05) is 11.6 Å². The van der Waals surface area contributed by atoms with Crippen molar-refractivity contribution in [1.82, 2.24) is 19.7 Å². The SMILES string of the molecule is Cn1ccnc1-c1cc(Cl)cc(-c2nnc(CC(=O)O)o2)c1.[LiH]. The predicted molar refractivity (Wildman–Crippen MR) is 85.4 cm³/mol. The van der Waals surface area contributed by atoms with E-state index in [2.05, 4.69) is 15.2 Å². The minimum atomic E-state index is -1.03. The molecule has 1 aromatic carbocycles. The number of carboxylic acid groups (broad SMARTS) is 1. The summed E-state index contributed by atoms with van der Waals surface area (Å²) < 4.78 is 7.21. The molecule has 0 amide bonds. The van der Waals surface area contributed by atoms with E-state index in [4.69, 9.17) is 21.1 Å². The summed E-state index contributed by atoms with van der Waals surface area (Å²) in [6.07, 6.45) is 3.20. The van der Waals surface area contributed by atoms with Crippen LogP contribution in [0.3, 0.4) is 0 Å². The predicted octanol–water partition coefficient (Wildman–Crippen LogP) is 1.77. The van der Waals surface area contributed by atoms with Crippen molar-refractivity contribution in [3.8, 4) is 22.8 Å². The molecule has 0 atom stereocenters. The first-order chi connectivity index (χ1) is 10.5. The average molecular weight is 327 g/mol. The summed E-state index contributed by atoms with van der Waals surface area (Å²) in [4.78, 5) is 14.9. The van der Waals surface area contributed by atoms with E-state index >= 15 is 0 Å². The van der Waals surface area contributed by atoms with E-state index in [0.717, 1.165) is 11.4 Å². The van der Waals surface area contributed by atoms with Crippen molar-refractivity contribution in [1.29, 1.82) is 0 Å². The standard InChI is InChI=1S/C14H11ClN4O3.Li.H/c1-19-3-2-16-13(19)8-4-9(6-10(15)5-8)14-18-17-11(22-14)7-12(20)21;;/h2-6H,7H2,1H3,(H,20,21);;. The second kappa shape index (κ2) is 7.00. The van der Waals surface area contributed by atoms with Gasteiger partial charge in [0.1, 0.15) is 12.2 Å². The molecule has 2 heterocycles. The number of hydrogen-bond donors (Lipinski definition) is 1. The van der Waals surface area contributed by atoms with Crippen LogP contribution in [0.4, 0.5) is 0 Å². The third kappa shape index (κ3) is 3.82. The first-order valence-electron chi connectivity index (χ1n) is 6.36. The summed E-state index contributed by atoms with van der Waals surface area (Å²) >= 11 is 6.14. The van der Waals surface area contributed by atoms with Crippen molar-refractivity contribution in [2.75, 3.05) is 0 Å². The van der Waals surface area contributed by atoms with Crippen LogP contribution in [-0.2, 0) is 18.3 Å². The Bertz CT molecular complexity index is 846. The van der Waals surface area contributed by atoms with Crippen molar-refractivity contribution >= 4 is 36.4 Å². The van der Waals surface area contributed by atoms with Crippen molar-refractivity contribution < 1.29 is 14.3 Å². The van der Waals surface area contributed by atoms with Gasteiger partial charge in [0.15, 0.2) is 0 Å². The normalized spacial score (nSPS) is 10.3. The fourth-order valence-corrected chi connectivity index (χ4v) is 2.29. The van der Waals surface area contributed by atoms with Gasteiger partial charge in [0.25, 0.3) is 0 Å². The first-order valence-corrected chi connectivity index (χ1v) is 6.73. The molecule has 1 N–H and O–H groups in total. The van der Waals surface area contributed by atoms with E-state index in [1.807, 2.05) is 23.9 Å². The molecule has 0 saturated heterocycles. The molecule has 9 heteroatoms. The maximum atomic E-state index is 10.7. The molecule has 7 nitrogen and oxygen atoms in total. The second-order valence-corrected chi connectivity index (χ2v) is 5.10. The molecule has 0 fully saturated rings. The Labute approximate surface area is 148 Å². The quantitative estimate of drug-likeness (QED) is 0.734. The molecule has 3 aromatic rings. The number of aryl methyl sites for hydroxylation is 1. The number of nitrogens with zero attached hydrogens (tertiary/aromatic N) is 4. The number of aromatic nitrogens is 4. The van der Waals surface area contributed by atoms with Gasteiger partial charge in [0.05, 0.1) is 0 Å². The number of carboxylic acids is 1. The van der Waals surface area contributed by atoms with Gasteiger partial charge in [-0.2, -0.15) is 0 Å². The number of benzene rings is 1. The Hall–Kier alpha value is -2.07. The van der Waals surface area contributed by atoms with Crippen LogP contribution >= 0.6 is 11.6 Å². The molecule has 0 unspecified atom stereocenters. The summed E-state index contributed by atoms with van der Waals surface area (Å²) in [5.74, 6) is -0.0285. The number of aliphatic carboxylic acids is 1. The van der Waals surface area contributed by atoms with Gasteiger partial charge in [-0.15, -0.1) is 10.2 Å². The number of rotatable bonds is 4. The van der Waals surface area contributed by atoms with Crippen LogP contribution in [0.15, 0.2) is 35.0 Å². The fraction of sp³-hybridized carbons (Fsp3) is 0.143. The van der Waals surface area contributed by atoms with E-state index in [0.29, 0.717) is 10.6 Å². The van der Waals surface area contributed by atoms with Crippen molar-refractivity contribution in [3.63, 3.8) is 0 Å². The molecule has 0 radical (unpaired) electrons. The Balaban J connectivity index is 0.00000192. The molecule has 0 saturated carbocycles. The van der Waals surface area contributed by atoms with Crippen LogP contribution in [0.5, 0.6) is 0 Å². The Morgan fingerprint density at radius 3 is 2.70 bits per heavy atom. The monoisotopic (exact) mass is 326 g/mol. The Morgan fingerprint density at radius 1 is 1.30 bits per heavy atom. The van der Waals surface area contributed by atoms with E-state index in [1.165, 1.54) is 0 Å². The topological polar surface area (TPSA) is 94.0 Å². The van der Waals surface area contributed by atoms with Gasteiger partial charge >= 0.3 is 24.8 Å². The number of carbonyl (C=O) groups is 1. The van der Waals surface area contributed by atoms with E-state index < -0.39 is 5.97 Å². The summed E-state index contributed by atoms with van der Waals surface area (Å²) in [7, 11) is 1.88. The van der Waals surface area contributed by atoms with Crippen LogP contribution < -0.4 is 0 Å². The molecule has 114 valence electrons. The third-order valence-corrected chi connectivity index (χ3v) is 3.21. The molecule has 3 rings (SSSR count). The van der Waals surface area contributed by atoms with E-state index in [9.17, 15) is 4.79 Å². The van der Waals surface area contributed by atoms with Gasteiger partial charge in [0.2, 0.25) is 11.8 Å². The van der Waals surface area contributed by atoms with E-state index in [-0.39, 0.29) is 37.1 Å². The molecule has 0 bridgehead atoms. The second-order valence-electron chi connectivity index (χ2n) is 4.66. The summed E-state index contributed by atoms with van der Waals surface area (Å²) in [5.41, 5.74) is 1.41. The molecule has 0 spiro atoms. The molecular formula is C14H12ClLiN4O3. The molecule has 0 aliphatic rings. The molecule has 0 aliphatic carbocycles. The van der Waals surface area contributed by atoms with E-state index in [1.54, 1.807) is 18.3 Å². The van der Waals surface area contributed by atoms with Crippen molar-refractivity contribution in [2.24, 2.45) is 7.05 Å².